The number of piperidine rings is 1. The van der Waals surface area contributed by atoms with Gasteiger partial charge in [0.1, 0.15) is 5.69 Å². The van der Waals surface area contributed by atoms with Crippen LogP contribution < -0.4 is 5.73 Å². The molecule has 1 amide bonds. The molecule has 1 aromatic rings. The fourth-order valence-electron chi connectivity index (χ4n) is 2.34. The molecule has 1 atom stereocenters. The molecule has 0 spiro atoms. The lowest BCUT2D eigenvalue weighted by atomic mass is 9.98. The van der Waals surface area contributed by atoms with Gasteiger partial charge >= 0.3 is 0 Å². The zero-order valence-electron chi connectivity index (χ0n) is 10.4. The van der Waals surface area contributed by atoms with Crippen molar-refractivity contribution in [3.63, 3.8) is 0 Å². The van der Waals surface area contributed by atoms with E-state index in [1.807, 2.05) is 11.9 Å². The van der Waals surface area contributed by atoms with Crippen LogP contribution in [0.15, 0.2) is 12.3 Å². The lowest BCUT2D eigenvalue weighted by Crippen LogP contribution is -2.42. The summed E-state index contributed by atoms with van der Waals surface area (Å²) in [6.45, 7) is 2.23. The molecule has 0 bridgehead atoms. The average Bonchev–Trinajstić information content (AvgIpc) is 2.67. The second kappa shape index (κ2) is 6.45. The Labute approximate surface area is 118 Å². The highest BCUT2D eigenvalue weighted by Gasteiger charge is 2.25. The summed E-state index contributed by atoms with van der Waals surface area (Å²) in [5, 5.41) is 0.600. The van der Waals surface area contributed by atoms with E-state index in [0.29, 0.717) is 23.2 Å². The van der Waals surface area contributed by atoms with Gasteiger partial charge in [-0.15, -0.1) is 12.4 Å². The predicted molar refractivity (Wildman–Crippen MR) is 75.4 cm³/mol. The van der Waals surface area contributed by atoms with Crippen LogP contribution in [0.1, 0.15) is 23.3 Å². The van der Waals surface area contributed by atoms with E-state index in [9.17, 15) is 4.79 Å². The molecular formula is C12H19Cl2N3O. The van der Waals surface area contributed by atoms with E-state index in [0.717, 1.165) is 25.9 Å². The second-order valence-electron chi connectivity index (χ2n) is 4.65. The highest BCUT2D eigenvalue weighted by atomic mass is 35.5. The Hall–Kier alpha value is -0.710. The van der Waals surface area contributed by atoms with Crippen LogP contribution in [0.5, 0.6) is 0 Å². The van der Waals surface area contributed by atoms with Crippen molar-refractivity contribution in [1.29, 1.82) is 0 Å². The van der Waals surface area contributed by atoms with Crippen molar-refractivity contribution in [2.75, 3.05) is 19.6 Å². The normalized spacial score (nSPS) is 19.5. The van der Waals surface area contributed by atoms with Crippen LogP contribution in [0.25, 0.3) is 0 Å². The molecule has 4 nitrogen and oxygen atoms in total. The first-order valence-corrected chi connectivity index (χ1v) is 6.31. The number of carbonyl (C=O) groups excluding carboxylic acids is 1. The zero-order valence-corrected chi connectivity index (χ0v) is 12.0. The third-order valence-corrected chi connectivity index (χ3v) is 3.54. The third-order valence-electron chi connectivity index (χ3n) is 3.33. The number of hydrogen-bond acceptors (Lipinski definition) is 2. The second-order valence-corrected chi connectivity index (χ2v) is 5.09. The number of nitrogens with zero attached hydrogens (tertiary/aromatic N) is 2. The van der Waals surface area contributed by atoms with Crippen LogP contribution in [-0.4, -0.2) is 35.0 Å². The van der Waals surface area contributed by atoms with E-state index in [-0.39, 0.29) is 18.3 Å². The van der Waals surface area contributed by atoms with Gasteiger partial charge in [-0.05, 0) is 31.4 Å². The van der Waals surface area contributed by atoms with Crippen LogP contribution in [0.2, 0.25) is 5.02 Å². The van der Waals surface area contributed by atoms with Crippen molar-refractivity contribution in [3.05, 3.63) is 23.0 Å². The topological polar surface area (TPSA) is 51.3 Å². The van der Waals surface area contributed by atoms with Gasteiger partial charge in [0.2, 0.25) is 0 Å². The molecule has 2 N–H and O–H groups in total. The van der Waals surface area contributed by atoms with Crippen molar-refractivity contribution >= 4 is 29.9 Å². The molecule has 2 rings (SSSR count). The molecule has 0 saturated carbocycles. The van der Waals surface area contributed by atoms with E-state index in [4.69, 9.17) is 17.3 Å². The average molecular weight is 292 g/mol. The molecule has 1 aromatic heterocycles. The summed E-state index contributed by atoms with van der Waals surface area (Å²) in [6, 6.07) is 1.72. The van der Waals surface area contributed by atoms with E-state index >= 15 is 0 Å². The fourth-order valence-corrected chi connectivity index (χ4v) is 2.59. The van der Waals surface area contributed by atoms with Gasteiger partial charge in [0.15, 0.2) is 0 Å². The van der Waals surface area contributed by atoms with Crippen molar-refractivity contribution in [1.82, 2.24) is 9.47 Å². The van der Waals surface area contributed by atoms with E-state index < -0.39 is 0 Å². The van der Waals surface area contributed by atoms with Crippen molar-refractivity contribution in [2.24, 2.45) is 18.7 Å². The van der Waals surface area contributed by atoms with Gasteiger partial charge in [0, 0.05) is 26.3 Å². The molecule has 0 aliphatic carbocycles. The number of aryl methyl sites for hydroxylation is 1. The van der Waals surface area contributed by atoms with Crippen molar-refractivity contribution in [2.45, 2.75) is 12.8 Å². The molecule has 1 saturated heterocycles. The summed E-state index contributed by atoms with van der Waals surface area (Å²) in [7, 11) is 1.84. The molecule has 1 unspecified atom stereocenters. The molecule has 1 fully saturated rings. The van der Waals surface area contributed by atoms with E-state index in [1.54, 1.807) is 16.8 Å². The number of carbonyl (C=O) groups is 1. The molecule has 102 valence electrons. The summed E-state index contributed by atoms with van der Waals surface area (Å²) in [5.74, 6) is 0.487. The fraction of sp³-hybridized carbons (Fsp3) is 0.583. The van der Waals surface area contributed by atoms with Gasteiger partial charge in [-0.25, -0.2) is 0 Å². The Bertz CT molecular complexity index is 419. The number of nitrogens with two attached hydrogens (primary N) is 1. The standard InChI is InChI=1S/C12H18ClN3O.ClH/c1-15-8-10(13)5-11(15)12(17)16-4-2-3-9(6-14)7-16;/h5,8-9H,2-4,6-7,14H2,1H3;1H. The van der Waals surface area contributed by atoms with Gasteiger partial charge in [-0.2, -0.15) is 0 Å². The first-order chi connectivity index (χ1) is 8.11. The lowest BCUT2D eigenvalue weighted by molar-refractivity contribution is 0.0668. The third kappa shape index (κ3) is 3.19. The predicted octanol–water partition coefficient (Wildman–Crippen LogP) is 1.91. The number of aromatic nitrogens is 1. The highest BCUT2D eigenvalue weighted by molar-refractivity contribution is 6.31. The summed E-state index contributed by atoms with van der Waals surface area (Å²) >= 11 is 5.89. The highest BCUT2D eigenvalue weighted by Crippen LogP contribution is 2.20. The summed E-state index contributed by atoms with van der Waals surface area (Å²) in [4.78, 5) is 14.2. The molecule has 18 heavy (non-hydrogen) atoms. The van der Waals surface area contributed by atoms with E-state index in [1.165, 1.54) is 0 Å². The molecule has 6 heteroatoms. The number of halogens is 2. The Morgan fingerprint density at radius 1 is 1.61 bits per heavy atom. The monoisotopic (exact) mass is 291 g/mol. The van der Waals surface area contributed by atoms with Gasteiger partial charge in [0.25, 0.3) is 5.91 Å². The van der Waals surface area contributed by atoms with Gasteiger partial charge in [-0.1, -0.05) is 11.6 Å². The molecule has 0 aromatic carbocycles. The number of likely N-dealkylation sites (tertiary alicyclic amines) is 1. The first kappa shape index (κ1) is 15.3. The minimum Gasteiger partial charge on any atom is -0.345 e. The molecule has 1 aliphatic rings. The Morgan fingerprint density at radius 3 is 2.89 bits per heavy atom. The molecule has 0 radical (unpaired) electrons. The Kier molecular flexibility index (Phi) is 5.50. The number of rotatable bonds is 2. The van der Waals surface area contributed by atoms with Crippen LogP contribution in [0.3, 0.4) is 0 Å². The maximum Gasteiger partial charge on any atom is 0.270 e. The lowest BCUT2D eigenvalue weighted by Gasteiger charge is -2.32. The smallest absolute Gasteiger partial charge is 0.270 e. The molecular weight excluding hydrogens is 273 g/mol. The van der Waals surface area contributed by atoms with Crippen LogP contribution in [0, 0.1) is 5.92 Å². The SMILES string of the molecule is Cl.Cn1cc(Cl)cc1C(=O)N1CCCC(CN)C1. The van der Waals surface area contributed by atoms with Crippen LogP contribution in [0.4, 0.5) is 0 Å². The zero-order chi connectivity index (χ0) is 12.4. The Morgan fingerprint density at radius 2 is 2.33 bits per heavy atom. The van der Waals surface area contributed by atoms with Crippen molar-refractivity contribution in [3.8, 4) is 0 Å². The number of hydrogen-bond donors (Lipinski definition) is 1. The van der Waals surface area contributed by atoms with Gasteiger partial charge in [0.05, 0.1) is 5.02 Å². The maximum atomic E-state index is 12.3. The largest absolute Gasteiger partial charge is 0.345 e. The summed E-state index contributed by atoms with van der Waals surface area (Å²) < 4.78 is 1.77. The Balaban J connectivity index is 0.00000162. The summed E-state index contributed by atoms with van der Waals surface area (Å²) in [6.07, 6.45) is 3.90. The number of amides is 1. The maximum absolute atomic E-state index is 12.3. The molecule has 1 aliphatic heterocycles. The summed E-state index contributed by atoms with van der Waals surface area (Å²) in [5.41, 5.74) is 6.32. The van der Waals surface area contributed by atoms with Crippen LogP contribution in [-0.2, 0) is 7.05 Å². The molecule has 2 heterocycles. The van der Waals surface area contributed by atoms with Gasteiger partial charge in [-0.3, -0.25) is 4.79 Å². The minimum atomic E-state index is 0. The van der Waals surface area contributed by atoms with E-state index in [2.05, 4.69) is 0 Å². The van der Waals surface area contributed by atoms with Crippen LogP contribution >= 0.6 is 24.0 Å². The minimum absolute atomic E-state index is 0. The van der Waals surface area contributed by atoms with Crippen molar-refractivity contribution < 1.29 is 4.79 Å². The van der Waals surface area contributed by atoms with Gasteiger partial charge < -0.3 is 15.2 Å². The first-order valence-electron chi connectivity index (χ1n) is 5.93. The quantitative estimate of drug-likeness (QED) is 0.905.